The van der Waals surface area contributed by atoms with Crippen molar-refractivity contribution in [3.05, 3.63) is 30.0 Å². The lowest BCUT2D eigenvalue weighted by molar-refractivity contribution is 0.197. The van der Waals surface area contributed by atoms with Gasteiger partial charge in [0.2, 0.25) is 5.95 Å². The number of anilines is 2. The third kappa shape index (κ3) is 4.83. The van der Waals surface area contributed by atoms with Crippen molar-refractivity contribution in [3.8, 4) is 17.0 Å². The highest BCUT2D eigenvalue weighted by atomic mass is 19.1. The Morgan fingerprint density at radius 1 is 1.03 bits per heavy atom. The van der Waals surface area contributed by atoms with Crippen molar-refractivity contribution in [2.24, 2.45) is 11.8 Å². The molecule has 0 atom stereocenters. The van der Waals surface area contributed by atoms with Gasteiger partial charge in [-0.25, -0.2) is 18.7 Å². The lowest BCUT2D eigenvalue weighted by Crippen LogP contribution is -2.38. The zero-order chi connectivity index (χ0) is 23.7. The molecule has 184 valence electrons. The number of hydrogen-bond acceptors (Lipinski definition) is 6. The molecule has 2 aliphatic heterocycles. The molecule has 8 heteroatoms. The van der Waals surface area contributed by atoms with Crippen molar-refractivity contribution < 1.29 is 13.5 Å². The minimum atomic E-state index is -0.563. The zero-order valence-corrected chi connectivity index (χ0v) is 20.1. The zero-order valence-electron chi connectivity index (χ0n) is 20.1. The van der Waals surface area contributed by atoms with Crippen LogP contribution in [0.15, 0.2) is 18.3 Å². The fourth-order valence-electron chi connectivity index (χ4n) is 5.85. The maximum atomic E-state index is 14.9. The Kier molecular flexibility index (Phi) is 6.86. The first-order valence-corrected chi connectivity index (χ1v) is 12.7. The molecule has 2 N–H and O–H groups in total. The molecule has 2 aromatic rings. The minimum absolute atomic E-state index is 0.108. The number of halogens is 2. The Labute approximate surface area is 200 Å². The van der Waals surface area contributed by atoms with Crippen LogP contribution in [0.3, 0.4) is 0 Å². The summed E-state index contributed by atoms with van der Waals surface area (Å²) in [5.74, 6) is 1.20. The van der Waals surface area contributed by atoms with Gasteiger partial charge in [-0.2, -0.15) is 0 Å². The van der Waals surface area contributed by atoms with Crippen LogP contribution in [0.4, 0.5) is 20.4 Å². The van der Waals surface area contributed by atoms with Gasteiger partial charge >= 0.3 is 0 Å². The number of nitrogens with zero attached hydrogens (tertiary/aromatic N) is 3. The first kappa shape index (κ1) is 23.3. The molecule has 34 heavy (non-hydrogen) atoms. The summed E-state index contributed by atoms with van der Waals surface area (Å²) in [5, 5.41) is 6.87. The van der Waals surface area contributed by atoms with Crippen molar-refractivity contribution in [2.75, 3.05) is 36.5 Å². The Morgan fingerprint density at radius 3 is 2.50 bits per heavy atom. The number of hydrogen-bond donors (Lipinski definition) is 2. The Balaban J connectivity index is 1.32. The fraction of sp³-hybridized carbons (Fsp3) is 0.615. The summed E-state index contributed by atoms with van der Waals surface area (Å²) in [6.45, 7) is 7.46. The average molecular weight is 472 g/mol. The van der Waals surface area contributed by atoms with Gasteiger partial charge in [-0.15, -0.1) is 0 Å². The van der Waals surface area contributed by atoms with E-state index in [9.17, 15) is 8.78 Å². The SMILES string of the molecule is CC(C)N1CCOc2c(F)cc(-c3nc(NC4CCC(C5CCNCC5)CC4)ncc3F)cc21. The number of nitrogens with one attached hydrogen (secondary N) is 2. The van der Waals surface area contributed by atoms with Crippen LogP contribution >= 0.6 is 0 Å². The molecular formula is C26H35F2N5O. The first-order valence-electron chi connectivity index (χ1n) is 12.7. The van der Waals surface area contributed by atoms with Crippen LogP contribution in [0.5, 0.6) is 5.75 Å². The summed E-state index contributed by atoms with van der Waals surface area (Å²) in [7, 11) is 0. The van der Waals surface area contributed by atoms with Crippen LogP contribution in [0, 0.1) is 23.5 Å². The second-order valence-corrected chi connectivity index (χ2v) is 10.2. The summed E-state index contributed by atoms with van der Waals surface area (Å²) in [5.41, 5.74) is 1.14. The Bertz CT molecular complexity index is 1000. The van der Waals surface area contributed by atoms with Crippen LogP contribution < -0.4 is 20.3 Å². The molecule has 1 aromatic carbocycles. The molecule has 1 saturated heterocycles. The van der Waals surface area contributed by atoms with E-state index < -0.39 is 11.6 Å². The smallest absolute Gasteiger partial charge is 0.223 e. The van der Waals surface area contributed by atoms with E-state index in [4.69, 9.17) is 4.74 Å². The van der Waals surface area contributed by atoms with Crippen LogP contribution in [-0.2, 0) is 0 Å². The van der Waals surface area contributed by atoms with Crippen molar-refractivity contribution in [2.45, 2.75) is 64.5 Å². The van der Waals surface area contributed by atoms with E-state index in [1.807, 2.05) is 13.8 Å². The number of ether oxygens (including phenoxy) is 1. The molecule has 1 saturated carbocycles. The molecule has 0 amide bonds. The highest BCUT2D eigenvalue weighted by Crippen LogP contribution is 2.40. The van der Waals surface area contributed by atoms with Gasteiger partial charge < -0.3 is 20.3 Å². The summed E-state index contributed by atoms with van der Waals surface area (Å²) in [6.07, 6.45) is 8.29. The molecule has 1 aromatic heterocycles. The van der Waals surface area contributed by atoms with E-state index in [1.165, 1.54) is 37.9 Å². The molecule has 1 aliphatic carbocycles. The second kappa shape index (κ2) is 10.0. The number of benzene rings is 1. The Morgan fingerprint density at radius 2 is 1.76 bits per heavy atom. The maximum absolute atomic E-state index is 14.9. The molecule has 0 unspecified atom stereocenters. The maximum Gasteiger partial charge on any atom is 0.223 e. The normalized spacial score (nSPS) is 23.5. The topological polar surface area (TPSA) is 62.3 Å². The van der Waals surface area contributed by atoms with E-state index in [-0.39, 0.29) is 23.5 Å². The van der Waals surface area contributed by atoms with Gasteiger partial charge in [-0.05, 0) is 89.4 Å². The van der Waals surface area contributed by atoms with Crippen molar-refractivity contribution in [3.63, 3.8) is 0 Å². The summed E-state index contributed by atoms with van der Waals surface area (Å²) < 4.78 is 35.3. The van der Waals surface area contributed by atoms with Gasteiger partial charge in [0.1, 0.15) is 12.3 Å². The predicted octanol–water partition coefficient (Wildman–Crippen LogP) is 5.00. The van der Waals surface area contributed by atoms with Crippen molar-refractivity contribution >= 4 is 11.6 Å². The van der Waals surface area contributed by atoms with Crippen LogP contribution in [0.2, 0.25) is 0 Å². The molecule has 3 aliphatic rings. The van der Waals surface area contributed by atoms with Crippen LogP contribution in [-0.4, -0.2) is 48.3 Å². The monoisotopic (exact) mass is 471 g/mol. The lowest BCUT2D eigenvalue weighted by atomic mass is 9.75. The van der Waals surface area contributed by atoms with E-state index in [2.05, 4.69) is 25.5 Å². The van der Waals surface area contributed by atoms with Crippen molar-refractivity contribution in [1.29, 1.82) is 0 Å². The van der Waals surface area contributed by atoms with Crippen molar-refractivity contribution in [1.82, 2.24) is 15.3 Å². The molecule has 6 nitrogen and oxygen atoms in total. The van der Waals surface area contributed by atoms with Gasteiger partial charge in [0.25, 0.3) is 0 Å². The standard InChI is InChI=1S/C26H35F2N5O/c1-16(2)33-11-12-34-25-21(27)13-19(14-23(25)33)24-22(28)15-30-26(32-24)31-20-5-3-17(4-6-20)18-7-9-29-10-8-18/h13-18,20,29H,3-12H2,1-2H3,(H,30,31,32). The van der Waals surface area contributed by atoms with Gasteiger partial charge in [0, 0.05) is 17.6 Å². The quantitative estimate of drug-likeness (QED) is 0.640. The van der Waals surface area contributed by atoms with Gasteiger partial charge in [0.15, 0.2) is 17.4 Å². The summed E-state index contributed by atoms with van der Waals surface area (Å²) in [6, 6.07) is 3.53. The average Bonchev–Trinajstić information content (AvgIpc) is 2.86. The minimum Gasteiger partial charge on any atom is -0.486 e. The molecule has 2 fully saturated rings. The number of aromatic nitrogens is 2. The van der Waals surface area contributed by atoms with Crippen LogP contribution in [0.25, 0.3) is 11.3 Å². The first-order chi connectivity index (χ1) is 16.5. The van der Waals surface area contributed by atoms with E-state index >= 15 is 0 Å². The lowest BCUT2D eigenvalue weighted by Gasteiger charge is -2.36. The number of rotatable bonds is 5. The Hall–Kier alpha value is -2.48. The van der Waals surface area contributed by atoms with E-state index in [0.717, 1.165) is 37.8 Å². The summed E-state index contributed by atoms with van der Waals surface area (Å²) in [4.78, 5) is 10.7. The van der Waals surface area contributed by atoms with Gasteiger partial charge in [-0.3, -0.25) is 0 Å². The molecule has 0 radical (unpaired) electrons. The second-order valence-electron chi connectivity index (χ2n) is 10.2. The molecule has 3 heterocycles. The predicted molar refractivity (Wildman–Crippen MR) is 130 cm³/mol. The van der Waals surface area contributed by atoms with Crippen LogP contribution in [0.1, 0.15) is 52.4 Å². The van der Waals surface area contributed by atoms with Gasteiger partial charge in [-0.1, -0.05) is 0 Å². The number of fused-ring (bicyclic) bond motifs is 1. The molecule has 0 bridgehead atoms. The highest BCUT2D eigenvalue weighted by Gasteiger charge is 2.29. The molecule has 0 spiro atoms. The number of piperidine rings is 1. The molecular weight excluding hydrogens is 436 g/mol. The third-order valence-corrected chi connectivity index (χ3v) is 7.71. The largest absolute Gasteiger partial charge is 0.486 e. The van der Waals surface area contributed by atoms with E-state index in [0.29, 0.717) is 30.4 Å². The fourth-order valence-corrected chi connectivity index (χ4v) is 5.85. The highest BCUT2D eigenvalue weighted by molar-refractivity contribution is 5.72. The molecule has 5 rings (SSSR count). The van der Waals surface area contributed by atoms with E-state index in [1.54, 1.807) is 6.07 Å². The van der Waals surface area contributed by atoms with Gasteiger partial charge in [0.05, 0.1) is 18.4 Å². The summed E-state index contributed by atoms with van der Waals surface area (Å²) >= 11 is 0. The third-order valence-electron chi connectivity index (χ3n) is 7.71.